The maximum Gasteiger partial charge on any atom is 0.306 e. The molecule has 2 aromatic carbocycles. The molecule has 1 heterocycles. The van der Waals surface area contributed by atoms with Gasteiger partial charge in [-0.15, -0.1) is 0 Å². The van der Waals surface area contributed by atoms with Gasteiger partial charge in [-0.25, -0.2) is 4.98 Å². The van der Waals surface area contributed by atoms with Crippen LogP contribution < -0.4 is 10.9 Å². The summed E-state index contributed by atoms with van der Waals surface area (Å²) < 4.78 is 15.2. The van der Waals surface area contributed by atoms with Gasteiger partial charge < -0.3 is 5.32 Å². The summed E-state index contributed by atoms with van der Waals surface area (Å²) in [6.45, 7) is 0. The summed E-state index contributed by atoms with van der Waals surface area (Å²) in [7, 11) is 0. The molecule has 1 fully saturated rings. The number of aromatic nitrogens is 2. The summed E-state index contributed by atoms with van der Waals surface area (Å²) in [5, 5.41) is 14.4. The molecule has 1 aromatic heterocycles. The van der Waals surface area contributed by atoms with E-state index in [-0.39, 0.29) is 23.0 Å². The van der Waals surface area contributed by atoms with E-state index in [1.165, 1.54) is 6.07 Å². The van der Waals surface area contributed by atoms with Crippen LogP contribution in [0.15, 0.2) is 52.4 Å². The van der Waals surface area contributed by atoms with E-state index in [4.69, 9.17) is 0 Å². The fourth-order valence-electron chi connectivity index (χ4n) is 3.77. The molecule has 10 heteroatoms. The molecule has 1 amide bonds. The first-order chi connectivity index (χ1) is 14.9. The van der Waals surface area contributed by atoms with Crippen LogP contribution >= 0.6 is 11.8 Å². The van der Waals surface area contributed by atoms with Gasteiger partial charge >= 0.3 is 5.69 Å². The molecular weight excluding hydrogens is 423 g/mol. The van der Waals surface area contributed by atoms with Crippen molar-refractivity contribution in [3.63, 3.8) is 0 Å². The zero-order valence-corrected chi connectivity index (χ0v) is 17.2. The number of nitrogens with one attached hydrogen (secondary N) is 1. The summed E-state index contributed by atoms with van der Waals surface area (Å²) in [4.78, 5) is 40.2. The Morgan fingerprint density at radius 1 is 1.26 bits per heavy atom. The van der Waals surface area contributed by atoms with E-state index in [0.29, 0.717) is 16.1 Å². The topological polar surface area (TPSA) is 107 Å². The largest absolute Gasteiger partial charge is 0.325 e. The van der Waals surface area contributed by atoms with Crippen LogP contribution in [0.2, 0.25) is 0 Å². The van der Waals surface area contributed by atoms with Crippen molar-refractivity contribution in [2.75, 3.05) is 11.1 Å². The monoisotopic (exact) mass is 442 g/mol. The quantitative estimate of drug-likeness (QED) is 0.264. The Hall–Kier alpha value is -3.27. The van der Waals surface area contributed by atoms with Crippen molar-refractivity contribution in [2.24, 2.45) is 0 Å². The molecule has 0 spiro atoms. The Labute approximate surface area is 180 Å². The van der Waals surface area contributed by atoms with Gasteiger partial charge in [0.1, 0.15) is 0 Å². The Kier molecular flexibility index (Phi) is 5.99. The van der Waals surface area contributed by atoms with Gasteiger partial charge in [-0.05, 0) is 37.1 Å². The fourth-order valence-corrected chi connectivity index (χ4v) is 4.64. The SMILES string of the molecule is O=C(CSc1nc2ccccc2c(=O)n1C1CCCC1)Nc1ccc(F)c([N+](=O)[O-])c1. The molecule has 4 rings (SSSR count). The number of halogens is 1. The Morgan fingerprint density at radius 2 is 2.00 bits per heavy atom. The van der Waals surface area contributed by atoms with E-state index in [9.17, 15) is 24.1 Å². The highest BCUT2D eigenvalue weighted by molar-refractivity contribution is 7.99. The summed E-state index contributed by atoms with van der Waals surface area (Å²) in [6, 6.07) is 10.3. The summed E-state index contributed by atoms with van der Waals surface area (Å²) >= 11 is 1.14. The summed E-state index contributed by atoms with van der Waals surface area (Å²) in [5.41, 5.74) is -0.136. The maximum absolute atomic E-state index is 13.5. The van der Waals surface area contributed by atoms with Gasteiger partial charge in [0.15, 0.2) is 5.16 Å². The molecular formula is C21H19FN4O4S. The molecule has 1 aliphatic rings. The van der Waals surface area contributed by atoms with Gasteiger partial charge in [0.25, 0.3) is 5.56 Å². The number of para-hydroxylation sites is 1. The average Bonchev–Trinajstić information content (AvgIpc) is 3.28. The second-order valence-corrected chi connectivity index (χ2v) is 8.23. The molecule has 0 unspecified atom stereocenters. The first-order valence-corrected chi connectivity index (χ1v) is 10.8. The van der Waals surface area contributed by atoms with Gasteiger partial charge in [-0.1, -0.05) is 36.7 Å². The minimum Gasteiger partial charge on any atom is -0.325 e. The van der Waals surface area contributed by atoms with E-state index in [0.717, 1.165) is 49.6 Å². The van der Waals surface area contributed by atoms with E-state index in [1.807, 2.05) is 0 Å². The first-order valence-electron chi connectivity index (χ1n) is 9.82. The number of benzene rings is 2. The minimum atomic E-state index is -0.974. The summed E-state index contributed by atoms with van der Waals surface area (Å²) in [5.74, 6) is -1.47. The molecule has 31 heavy (non-hydrogen) atoms. The van der Waals surface area contributed by atoms with E-state index >= 15 is 0 Å². The van der Waals surface area contributed by atoms with Gasteiger partial charge in [0.05, 0.1) is 21.6 Å². The molecule has 3 aromatic rings. The number of carbonyl (C=O) groups is 1. The van der Waals surface area contributed by atoms with Crippen molar-refractivity contribution in [3.05, 3.63) is 68.7 Å². The van der Waals surface area contributed by atoms with Crippen LogP contribution in [-0.4, -0.2) is 26.1 Å². The number of carbonyl (C=O) groups excluding carboxylic acids is 1. The van der Waals surface area contributed by atoms with Crippen LogP contribution in [0.3, 0.4) is 0 Å². The number of hydrogen-bond donors (Lipinski definition) is 1. The first kappa shape index (κ1) is 21.0. The number of rotatable bonds is 6. The van der Waals surface area contributed by atoms with Crippen LogP contribution in [0.1, 0.15) is 31.7 Å². The second-order valence-electron chi connectivity index (χ2n) is 7.29. The molecule has 0 aliphatic heterocycles. The molecule has 0 radical (unpaired) electrons. The standard InChI is InChI=1S/C21H19FN4O4S/c22-16-10-9-13(11-18(16)26(29)30)23-19(27)12-31-21-24-17-8-4-3-7-15(17)20(28)25(21)14-5-1-2-6-14/h3-4,7-11,14H,1-2,5-6,12H2,(H,23,27). The number of fused-ring (bicyclic) bond motifs is 1. The lowest BCUT2D eigenvalue weighted by Gasteiger charge is -2.18. The second kappa shape index (κ2) is 8.84. The molecule has 8 nitrogen and oxygen atoms in total. The highest BCUT2D eigenvalue weighted by Crippen LogP contribution is 2.32. The number of nitrogens with zero attached hydrogens (tertiary/aromatic N) is 3. The number of anilines is 1. The lowest BCUT2D eigenvalue weighted by molar-refractivity contribution is -0.387. The van der Waals surface area contributed by atoms with Crippen LogP contribution in [0, 0.1) is 15.9 Å². The van der Waals surface area contributed by atoms with Crippen molar-refractivity contribution in [3.8, 4) is 0 Å². The lowest BCUT2D eigenvalue weighted by atomic mass is 10.2. The zero-order valence-electron chi connectivity index (χ0n) is 16.4. The third-order valence-corrected chi connectivity index (χ3v) is 6.18. The molecule has 1 saturated carbocycles. The van der Waals surface area contributed by atoms with E-state index in [2.05, 4.69) is 10.3 Å². The molecule has 160 valence electrons. The normalized spacial score (nSPS) is 14.1. The van der Waals surface area contributed by atoms with E-state index < -0.39 is 22.3 Å². The van der Waals surface area contributed by atoms with Crippen molar-refractivity contribution >= 4 is 39.9 Å². The van der Waals surface area contributed by atoms with Gasteiger partial charge in [-0.3, -0.25) is 24.3 Å². The third-order valence-electron chi connectivity index (χ3n) is 5.22. The number of nitro groups is 1. The Bertz CT molecular complexity index is 1220. The predicted molar refractivity (Wildman–Crippen MR) is 116 cm³/mol. The third kappa shape index (κ3) is 4.43. The van der Waals surface area contributed by atoms with Gasteiger partial charge in [-0.2, -0.15) is 4.39 Å². The van der Waals surface area contributed by atoms with Crippen molar-refractivity contribution in [1.82, 2.24) is 9.55 Å². The molecule has 0 saturated heterocycles. The van der Waals surface area contributed by atoms with Gasteiger partial charge in [0.2, 0.25) is 11.7 Å². The van der Waals surface area contributed by atoms with Crippen molar-refractivity contribution < 1.29 is 14.1 Å². The van der Waals surface area contributed by atoms with E-state index in [1.54, 1.807) is 28.8 Å². The Morgan fingerprint density at radius 3 is 2.74 bits per heavy atom. The Balaban J connectivity index is 1.56. The average molecular weight is 442 g/mol. The molecule has 0 bridgehead atoms. The highest BCUT2D eigenvalue weighted by Gasteiger charge is 2.23. The molecule has 0 atom stereocenters. The van der Waals surface area contributed by atoms with Crippen LogP contribution in [0.4, 0.5) is 15.8 Å². The van der Waals surface area contributed by atoms with Crippen LogP contribution in [0.5, 0.6) is 0 Å². The maximum atomic E-state index is 13.5. The van der Waals surface area contributed by atoms with Gasteiger partial charge in [0, 0.05) is 17.8 Å². The fraction of sp³-hybridized carbons (Fsp3) is 0.286. The number of hydrogen-bond acceptors (Lipinski definition) is 6. The van der Waals surface area contributed by atoms with Crippen LogP contribution in [0.25, 0.3) is 10.9 Å². The minimum absolute atomic E-state index is 0.0508. The number of thioether (sulfide) groups is 1. The zero-order chi connectivity index (χ0) is 22.0. The van der Waals surface area contributed by atoms with Crippen LogP contribution in [-0.2, 0) is 4.79 Å². The highest BCUT2D eigenvalue weighted by atomic mass is 32.2. The molecule has 1 N–H and O–H groups in total. The number of nitro benzene ring substituents is 1. The smallest absolute Gasteiger partial charge is 0.306 e. The lowest BCUT2D eigenvalue weighted by Crippen LogP contribution is -2.27. The predicted octanol–water partition coefficient (Wildman–Crippen LogP) is 4.29. The van der Waals surface area contributed by atoms with Crippen molar-refractivity contribution in [2.45, 2.75) is 36.9 Å². The summed E-state index contributed by atoms with van der Waals surface area (Å²) in [6.07, 6.45) is 3.85. The molecule has 1 aliphatic carbocycles. The van der Waals surface area contributed by atoms with Crippen molar-refractivity contribution in [1.29, 1.82) is 0 Å². The number of amides is 1.